The first-order valence-electron chi connectivity index (χ1n) is 5.89. The van der Waals surface area contributed by atoms with Crippen molar-refractivity contribution in [2.45, 2.75) is 32.6 Å². The number of nitrogens with one attached hydrogen (secondary N) is 1. The first-order valence-corrected chi connectivity index (χ1v) is 5.89. The summed E-state index contributed by atoms with van der Waals surface area (Å²) >= 11 is 0. The molecule has 0 atom stereocenters. The molecule has 1 aliphatic rings. The first kappa shape index (κ1) is 10.9. The lowest BCUT2D eigenvalue weighted by Crippen LogP contribution is -2.36. The maximum Gasteiger partial charge on any atom is 0.143 e. The summed E-state index contributed by atoms with van der Waals surface area (Å²) in [7, 11) is 0. The van der Waals surface area contributed by atoms with Gasteiger partial charge in [0.05, 0.1) is 5.56 Å². The monoisotopic (exact) mass is 215 g/mol. The van der Waals surface area contributed by atoms with E-state index in [1.165, 1.54) is 25.7 Å². The van der Waals surface area contributed by atoms with Gasteiger partial charge in [-0.1, -0.05) is 13.3 Å². The van der Waals surface area contributed by atoms with E-state index in [0.717, 1.165) is 12.4 Å². The lowest BCUT2D eigenvalue weighted by molar-refractivity contribution is 0.145. The van der Waals surface area contributed by atoms with Crippen LogP contribution in [0.5, 0.6) is 0 Å². The fourth-order valence-electron chi connectivity index (χ4n) is 2.24. The number of hydrogen-bond donors (Lipinski definition) is 1. The van der Waals surface area contributed by atoms with Gasteiger partial charge in [0.15, 0.2) is 0 Å². The Balaban J connectivity index is 2.02. The van der Waals surface area contributed by atoms with E-state index in [1.807, 2.05) is 0 Å². The van der Waals surface area contributed by atoms with E-state index in [2.05, 4.69) is 23.3 Å². The molecule has 0 radical (unpaired) electrons. The van der Waals surface area contributed by atoms with Gasteiger partial charge in [-0.3, -0.25) is 0 Å². The Labute approximate surface area is 96.5 Å². The first-order chi connectivity index (χ1) is 7.79. The van der Waals surface area contributed by atoms with E-state index < -0.39 is 0 Å². The van der Waals surface area contributed by atoms with Gasteiger partial charge in [0.25, 0.3) is 0 Å². The van der Waals surface area contributed by atoms with E-state index in [1.54, 1.807) is 18.3 Å². The van der Waals surface area contributed by atoms with E-state index >= 15 is 0 Å². The molecule has 3 heteroatoms. The summed E-state index contributed by atoms with van der Waals surface area (Å²) in [5.74, 6) is 0.727. The van der Waals surface area contributed by atoms with Crippen molar-refractivity contribution < 1.29 is 0 Å². The predicted octanol–water partition coefficient (Wildman–Crippen LogP) is 2.95. The molecular weight excluding hydrogens is 198 g/mol. The van der Waals surface area contributed by atoms with Crippen molar-refractivity contribution in [2.75, 3.05) is 11.9 Å². The van der Waals surface area contributed by atoms with E-state index in [4.69, 9.17) is 5.26 Å². The van der Waals surface area contributed by atoms with Gasteiger partial charge in [-0.25, -0.2) is 4.98 Å². The molecule has 1 heterocycles. The normalized spacial score (nSPS) is 17.2. The quantitative estimate of drug-likeness (QED) is 0.840. The summed E-state index contributed by atoms with van der Waals surface area (Å²) in [6.07, 6.45) is 6.86. The third-order valence-electron chi connectivity index (χ3n) is 3.72. The van der Waals surface area contributed by atoms with Gasteiger partial charge < -0.3 is 5.32 Å². The van der Waals surface area contributed by atoms with Crippen LogP contribution in [-0.2, 0) is 0 Å². The second kappa shape index (κ2) is 4.52. The minimum Gasteiger partial charge on any atom is -0.368 e. The number of rotatable bonds is 4. The highest BCUT2D eigenvalue weighted by molar-refractivity contribution is 5.51. The molecule has 84 valence electrons. The minimum absolute atomic E-state index is 0.449. The highest BCUT2D eigenvalue weighted by atomic mass is 15.0. The van der Waals surface area contributed by atoms with Crippen LogP contribution in [-0.4, -0.2) is 11.5 Å². The zero-order valence-corrected chi connectivity index (χ0v) is 9.66. The highest BCUT2D eigenvalue weighted by Gasteiger charge is 2.34. The Hall–Kier alpha value is -1.56. The molecule has 16 heavy (non-hydrogen) atoms. The number of hydrogen-bond acceptors (Lipinski definition) is 3. The smallest absolute Gasteiger partial charge is 0.143 e. The molecule has 0 spiro atoms. The van der Waals surface area contributed by atoms with Crippen LogP contribution in [0.1, 0.15) is 38.2 Å². The van der Waals surface area contributed by atoms with Crippen molar-refractivity contribution in [3.8, 4) is 6.07 Å². The number of pyridine rings is 1. The molecule has 1 aromatic rings. The van der Waals surface area contributed by atoms with Crippen LogP contribution in [0.4, 0.5) is 5.82 Å². The van der Waals surface area contributed by atoms with Gasteiger partial charge in [0.1, 0.15) is 11.9 Å². The van der Waals surface area contributed by atoms with Crippen LogP contribution >= 0.6 is 0 Å². The van der Waals surface area contributed by atoms with Gasteiger partial charge in [-0.2, -0.15) is 5.26 Å². The Kier molecular flexibility index (Phi) is 3.09. The lowest BCUT2D eigenvalue weighted by Gasteiger charge is -2.41. The molecule has 1 fully saturated rings. The summed E-state index contributed by atoms with van der Waals surface area (Å²) < 4.78 is 0. The molecule has 1 N–H and O–H groups in total. The topological polar surface area (TPSA) is 48.7 Å². The number of nitriles is 1. The molecule has 1 aromatic heterocycles. The molecular formula is C13H17N3. The van der Waals surface area contributed by atoms with E-state index in [-0.39, 0.29) is 0 Å². The molecule has 1 saturated carbocycles. The van der Waals surface area contributed by atoms with Crippen molar-refractivity contribution in [3.05, 3.63) is 23.9 Å². The molecule has 0 unspecified atom stereocenters. The Morgan fingerprint density at radius 3 is 2.94 bits per heavy atom. The molecule has 1 aliphatic carbocycles. The van der Waals surface area contributed by atoms with Crippen LogP contribution in [0, 0.1) is 16.7 Å². The van der Waals surface area contributed by atoms with Gasteiger partial charge in [-0.05, 0) is 36.8 Å². The largest absolute Gasteiger partial charge is 0.368 e. The van der Waals surface area contributed by atoms with Crippen LogP contribution < -0.4 is 5.32 Å². The van der Waals surface area contributed by atoms with Gasteiger partial charge >= 0.3 is 0 Å². The summed E-state index contributed by atoms with van der Waals surface area (Å²) in [6, 6.07) is 5.76. The van der Waals surface area contributed by atoms with E-state index in [0.29, 0.717) is 11.0 Å². The van der Waals surface area contributed by atoms with Crippen molar-refractivity contribution in [1.82, 2.24) is 4.98 Å². The van der Waals surface area contributed by atoms with Crippen molar-refractivity contribution in [1.29, 1.82) is 5.26 Å². The maximum absolute atomic E-state index is 8.95. The van der Waals surface area contributed by atoms with Crippen LogP contribution in [0.15, 0.2) is 18.3 Å². The third-order valence-corrected chi connectivity index (χ3v) is 3.72. The summed E-state index contributed by atoms with van der Waals surface area (Å²) in [5, 5.41) is 12.3. The Morgan fingerprint density at radius 1 is 1.56 bits per heavy atom. The van der Waals surface area contributed by atoms with Crippen LogP contribution in [0.25, 0.3) is 0 Å². The van der Waals surface area contributed by atoms with Crippen molar-refractivity contribution >= 4 is 5.82 Å². The van der Waals surface area contributed by atoms with Crippen molar-refractivity contribution in [3.63, 3.8) is 0 Å². The van der Waals surface area contributed by atoms with Gasteiger partial charge in [0, 0.05) is 12.7 Å². The Morgan fingerprint density at radius 2 is 2.38 bits per heavy atom. The average Bonchev–Trinajstić information content (AvgIpc) is 2.29. The number of nitrogens with zero attached hydrogens (tertiary/aromatic N) is 2. The fraction of sp³-hybridized carbons (Fsp3) is 0.538. The lowest BCUT2D eigenvalue weighted by atomic mass is 9.67. The van der Waals surface area contributed by atoms with E-state index in [9.17, 15) is 0 Å². The molecule has 2 rings (SSSR count). The van der Waals surface area contributed by atoms with Gasteiger partial charge in [-0.15, -0.1) is 0 Å². The van der Waals surface area contributed by atoms with Crippen LogP contribution in [0.2, 0.25) is 0 Å². The summed E-state index contributed by atoms with van der Waals surface area (Å²) in [5.41, 5.74) is 1.08. The molecule has 3 nitrogen and oxygen atoms in total. The van der Waals surface area contributed by atoms with Crippen LogP contribution in [0.3, 0.4) is 0 Å². The second-order valence-electron chi connectivity index (χ2n) is 4.57. The molecule has 0 aliphatic heterocycles. The van der Waals surface area contributed by atoms with Crippen molar-refractivity contribution in [2.24, 2.45) is 5.41 Å². The second-order valence-corrected chi connectivity index (χ2v) is 4.57. The molecule has 0 saturated heterocycles. The average molecular weight is 215 g/mol. The number of aromatic nitrogens is 1. The molecule has 0 amide bonds. The summed E-state index contributed by atoms with van der Waals surface area (Å²) in [4.78, 5) is 4.21. The molecule has 0 bridgehead atoms. The molecule has 0 aromatic carbocycles. The minimum atomic E-state index is 0.449. The predicted molar refractivity (Wildman–Crippen MR) is 64.0 cm³/mol. The fourth-order valence-corrected chi connectivity index (χ4v) is 2.24. The van der Waals surface area contributed by atoms with Gasteiger partial charge in [0.2, 0.25) is 0 Å². The zero-order valence-electron chi connectivity index (χ0n) is 9.66. The SMILES string of the molecule is CCC1(CNc2ncccc2C#N)CCC1. The Bertz CT molecular complexity index is 396. The maximum atomic E-state index is 8.95. The zero-order chi connectivity index (χ0) is 11.4. The standard InChI is InChI=1S/C13H17N3/c1-2-13(6-4-7-13)10-16-12-11(9-14)5-3-8-15-12/h3,5,8H,2,4,6-7,10H2,1H3,(H,15,16). The highest BCUT2D eigenvalue weighted by Crippen LogP contribution is 2.43. The third kappa shape index (κ3) is 2.01. The number of anilines is 1. The summed E-state index contributed by atoms with van der Waals surface area (Å²) in [6.45, 7) is 3.18.